The van der Waals surface area contributed by atoms with Crippen LogP contribution >= 0.6 is 0 Å². The van der Waals surface area contributed by atoms with E-state index in [0.29, 0.717) is 30.8 Å². The predicted molar refractivity (Wildman–Crippen MR) is 105 cm³/mol. The van der Waals surface area contributed by atoms with Crippen LogP contribution in [-0.4, -0.2) is 25.2 Å². The molecule has 1 rings (SSSR count). The number of rotatable bonds is 10. The molecule has 150 valence electrons. The van der Waals surface area contributed by atoms with Crippen molar-refractivity contribution in [2.45, 2.75) is 92.4 Å². The smallest absolute Gasteiger partial charge is 0.334 e. The molecule has 0 atom stereocenters. The van der Waals surface area contributed by atoms with E-state index >= 15 is 0 Å². The van der Waals surface area contributed by atoms with Gasteiger partial charge >= 0.3 is 11.9 Å². The third kappa shape index (κ3) is 7.92. The molecule has 1 saturated carbocycles. The lowest BCUT2D eigenvalue weighted by Gasteiger charge is -2.24. The molecule has 4 heteroatoms. The molecule has 0 amide bonds. The van der Waals surface area contributed by atoms with Crippen molar-refractivity contribution in [1.29, 1.82) is 0 Å². The summed E-state index contributed by atoms with van der Waals surface area (Å²) in [4.78, 5) is 25.7. The molecular formula is C22H38O4. The molecule has 0 heterocycles. The van der Waals surface area contributed by atoms with E-state index in [0.717, 1.165) is 51.4 Å². The molecule has 0 N–H and O–H groups in total. The van der Waals surface area contributed by atoms with E-state index in [1.165, 1.54) is 0 Å². The Morgan fingerprint density at radius 2 is 1.38 bits per heavy atom. The van der Waals surface area contributed by atoms with Crippen LogP contribution in [0.25, 0.3) is 0 Å². The fourth-order valence-electron chi connectivity index (χ4n) is 3.34. The molecule has 4 nitrogen and oxygen atoms in total. The highest BCUT2D eigenvalue weighted by molar-refractivity contribution is 6.00. The van der Waals surface area contributed by atoms with Crippen LogP contribution in [0.15, 0.2) is 11.1 Å². The first-order valence-corrected chi connectivity index (χ1v) is 10.4. The fourth-order valence-corrected chi connectivity index (χ4v) is 3.34. The summed E-state index contributed by atoms with van der Waals surface area (Å²) in [6.45, 7) is 11.2. The molecule has 1 aliphatic carbocycles. The fraction of sp³-hybridized carbons (Fsp3) is 0.818. The summed E-state index contributed by atoms with van der Waals surface area (Å²) in [6.07, 6.45) is 8.28. The van der Waals surface area contributed by atoms with E-state index in [4.69, 9.17) is 9.47 Å². The normalized spacial score (nSPS) is 16.3. The average molecular weight is 367 g/mol. The minimum atomic E-state index is -0.331. The van der Waals surface area contributed by atoms with Crippen LogP contribution < -0.4 is 0 Å². The highest BCUT2D eigenvalue weighted by Gasteiger charge is 2.33. The Balaban J connectivity index is 3.16. The molecule has 0 spiro atoms. The predicted octanol–water partition coefficient (Wildman–Crippen LogP) is 5.60. The summed E-state index contributed by atoms with van der Waals surface area (Å²) < 4.78 is 11.0. The lowest BCUT2D eigenvalue weighted by molar-refractivity contribution is -0.143. The number of hydrogen-bond donors (Lipinski definition) is 0. The van der Waals surface area contributed by atoms with E-state index in [2.05, 4.69) is 34.6 Å². The van der Waals surface area contributed by atoms with E-state index in [-0.39, 0.29) is 23.3 Å². The molecular weight excluding hydrogens is 328 g/mol. The van der Waals surface area contributed by atoms with Gasteiger partial charge in [0.15, 0.2) is 0 Å². The second-order valence-corrected chi connectivity index (χ2v) is 8.59. The van der Waals surface area contributed by atoms with Crippen LogP contribution in [0.4, 0.5) is 0 Å². The molecule has 0 unspecified atom stereocenters. The average Bonchev–Trinajstić information content (AvgIpc) is 3.07. The Hall–Kier alpha value is -1.32. The van der Waals surface area contributed by atoms with Gasteiger partial charge in [-0.3, -0.25) is 0 Å². The van der Waals surface area contributed by atoms with Crippen LogP contribution in [-0.2, 0) is 19.1 Å². The van der Waals surface area contributed by atoms with Gasteiger partial charge in [-0.15, -0.1) is 0 Å². The molecule has 26 heavy (non-hydrogen) atoms. The topological polar surface area (TPSA) is 52.6 Å². The largest absolute Gasteiger partial charge is 0.462 e. The number of carbonyl (C=O) groups is 2. The number of ether oxygens (including phenoxy) is 2. The summed E-state index contributed by atoms with van der Waals surface area (Å²) in [5.74, 6) is -0.514. The molecule has 1 aliphatic rings. The van der Waals surface area contributed by atoms with Crippen molar-refractivity contribution >= 4 is 11.9 Å². The molecule has 0 aromatic rings. The standard InChI is InChI=1S/C22H38O4/c1-6-8-14-25-20(23)18(16-22(3,4)5)19(17-12-10-11-13-17)21(24)26-15-9-7-2/h17H,6-16H2,1-5H3/b19-18-. The highest BCUT2D eigenvalue weighted by atomic mass is 16.5. The van der Waals surface area contributed by atoms with Crippen molar-refractivity contribution < 1.29 is 19.1 Å². The van der Waals surface area contributed by atoms with Gasteiger partial charge in [-0.25, -0.2) is 9.59 Å². The minimum Gasteiger partial charge on any atom is -0.462 e. The van der Waals surface area contributed by atoms with Crippen molar-refractivity contribution in [3.8, 4) is 0 Å². The first-order valence-electron chi connectivity index (χ1n) is 10.4. The SMILES string of the molecule is CCCCOC(=O)/C(CC(C)(C)C)=C(\C(=O)OCCCC)C1CCCC1. The summed E-state index contributed by atoms with van der Waals surface area (Å²) in [7, 11) is 0. The maximum absolute atomic E-state index is 12.9. The number of esters is 2. The van der Waals surface area contributed by atoms with Gasteiger partial charge < -0.3 is 9.47 Å². The Bertz CT molecular complexity index is 479. The second-order valence-electron chi connectivity index (χ2n) is 8.59. The lowest BCUT2D eigenvalue weighted by atomic mass is 9.82. The van der Waals surface area contributed by atoms with Gasteiger partial charge in [0.25, 0.3) is 0 Å². The van der Waals surface area contributed by atoms with Crippen LogP contribution in [0.2, 0.25) is 0 Å². The van der Waals surface area contributed by atoms with Gasteiger partial charge in [-0.1, -0.05) is 60.3 Å². The maximum Gasteiger partial charge on any atom is 0.334 e. The molecule has 0 aromatic heterocycles. The Kier molecular flexibility index (Phi) is 9.97. The third-order valence-electron chi connectivity index (χ3n) is 4.72. The zero-order valence-electron chi connectivity index (χ0n) is 17.5. The minimum absolute atomic E-state index is 0.105. The maximum atomic E-state index is 12.9. The molecule has 0 aliphatic heterocycles. The lowest BCUT2D eigenvalue weighted by Crippen LogP contribution is -2.24. The van der Waals surface area contributed by atoms with Gasteiger partial charge in [-0.05, 0) is 43.4 Å². The van der Waals surface area contributed by atoms with Gasteiger partial charge in [0.2, 0.25) is 0 Å². The monoisotopic (exact) mass is 366 g/mol. The van der Waals surface area contributed by atoms with Crippen LogP contribution in [0.5, 0.6) is 0 Å². The summed E-state index contributed by atoms with van der Waals surface area (Å²) in [5, 5.41) is 0. The summed E-state index contributed by atoms with van der Waals surface area (Å²) in [6, 6.07) is 0. The Morgan fingerprint density at radius 1 is 0.885 bits per heavy atom. The van der Waals surface area contributed by atoms with Crippen molar-refractivity contribution in [1.82, 2.24) is 0 Å². The van der Waals surface area contributed by atoms with Gasteiger partial charge in [0.05, 0.1) is 18.8 Å². The summed E-state index contributed by atoms with van der Waals surface area (Å²) >= 11 is 0. The Labute approximate surface area is 159 Å². The first-order chi connectivity index (χ1) is 12.3. The van der Waals surface area contributed by atoms with Gasteiger partial charge in [-0.2, -0.15) is 0 Å². The number of unbranched alkanes of at least 4 members (excludes halogenated alkanes) is 2. The molecule has 0 radical (unpaired) electrons. The number of carbonyl (C=O) groups excluding carboxylic acids is 2. The van der Waals surface area contributed by atoms with Crippen LogP contribution in [0.3, 0.4) is 0 Å². The number of hydrogen-bond acceptors (Lipinski definition) is 4. The molecule has 0 saturated heterocycles. The molecule has 0 aromatic carbocycles. The van der Waals surface area contributed by atoms with Crippen molar-refractivity contribution in [3.63, 3.8) is 0 Å². The molecule has 0 bridgehead atoms. The van der Waals surface area contributed by atoms with E-state index in [1.807, 2.05) is 0 Å². The zero-order valence-corrected chi connectivity index (χ0v) is 17.5. The molecule has 1 fully saturated rings. The first kappa shape index (κ1) is 22.7. The van der Waals surface area contributed by atoms with Crippen LogP contribution in [0.1, 0.15) is 92.4 Å². The Morgan fingerprint density at radius 3 is 1.85 bits per heavy atom. The van der Waals surface area contributed by atoms with E-state index in [9.17, 15) is 9.59 Å². The highest BCUT2D eigenvalue weighted by Crippen LogP contribution is 2.37. The van der Waals surface area contributed by atoms with Crippen LogP contribution in [0, 0.1) is 11.3 Å². The summed E-state index contributed by atoms with van der Waals surface area (Å²) in [5.41, 5.74) is 1.03. The van der Waals surface area contributed by atoms with Gasteiger partial charge in [0.1, 0.15) is 0 Å². The second kappa shape index (κ2) is 11.4. The van der Waals surface area contributed by atoms with Crippen molar-refractivity contribution in [2.75, 3.05) is 13.2 Å². The van der Waals surface area contributed by atoms with Gasteiger partial charge in [0, 0.05) is 5.57 Å². The quantitative estimate of drug-likeness (QED) is 0.287. The van der Waals surface area contributed by atoms with Crippen molar-refractivity contribution in [2.24, 2.45) is 11.3 Å². The van der Waals surface area contributed by atoms with Crippen molar-refractivity contribution in [3.05, 3.63) is 11.1 Å². The zero-order chi connectivity index (χ0) is 19.6. The third-order valence-corrected chi connectivity index (χ3v) is 4.72. The van der Waals surface area contributed by atoms with E-state index < -0.39 is 0 Å². The van der Waals surface area contributed by atoms with E-state index in [1.54, 1.807) is 0 Å².